The second kappa shape index (κ2) is 4.02. The van der Waals surface area contributed by atoms with Crippen molar-refractivity contribution in [3.05, 3.63) is 11.9 Å². The highest BCUT2D eigenvalue weighted by molar-refractivity contribution is 6.99. The Morgan fingerprint density at radius 1 is 1.79 bits per heavy atom. The number of rotatable bonds is 1. The molecule has 1 aliphatic rings. The van der Waals surface area contributed by atoms with Crippen molar-refractivity contribution < 1.29 is 4.79 Å². The number of nitrogens with one attached hydrogen (secondary N) is 1. The molecule has 2 rings (SSSR count). The molecule has 1 fully saturated rings. The van der Waals surface area contributed by atoms with Gasteiger partial charge in [-0.25, -0.2) is 0 Å². The van der Waals surface area contributed by atoms with Crippen LogP contribution in [-0.4, -0.2) is 45.2 Å². The molecule has 1 aliphatic heterocycles. The van der Waals surface area contributed by atoms with Gasteiger partial charge in [-0.1, -0.05) is 0 Å². The molecule has 0 saturated carbocycles. The first kappa shape index (κ1) is 9.54. The fraction of sp³-hybridized carbons (Fsp3) is 0.625. The molecule has 0 aromatic carbocycles. The van der Waals surface area contributed by atoms with Crippen LogP contribution in [0.3, 0.4) is 0 Å². The van der Waals surface area contributed by atoms with Crippen LogP contribution in [0.5, 0.6) is 0 Å². The lowest BCUT2D eigenvalue weighted by atomic mass is 10.2. The summed E-state index contributed by atoms with van der Waals surface area (Å²) in [4.78, 5) is 13.6. The second-order valence-electron chi connectivity index (χ2n) is 3.40. The first-order valence-corrected chi connectivity index (χ1v) is 5.30. The lowest BCUT2D eigenvalue weighted by Crippen LogP contribution is -2.51. The Morgan fingerprint density at radius 3 is 3.29 bits per heavy atom. The zero-order valence-electron chi connectivity index (χ0n) is 7.93. The second-order valence-corrected chi connectivity index (χ2v) is 3.96. The van der Waals surface area contributed by atoms with Crippen molar-refractivity contribution in [3.8, 4) is 0 Å². The minimum absolute atomic E-state index is 0.00731. The number of hydrogen-bond acceptors (Lipinski definition) is 5. The van der Waals surface area contributed by atoms with Gasteiger partial charge in [0.05, 0.1) is 17.9 Å². The van der Waals surface area contributed by atoms with Gasteiger partial charge in [-0.3, -0.25) is 4.79 Å². The normalized spacial score (nSPS) is 22.4. The van der Waals surface area contributed by atoms with Gasteiger partial charge in [-0.05, 0) is 6.92 Å². The quantitative estimate of drug-likeness (QED) is 0.710. The molecule has 1 saturated heterocycles. The molecule has 1 N–H and O–H groups in total. The van der Waals surface area contributed by atoms with Gasteiger partial charge in [0.15, 0.2) is 5.69 Å². The standard InChI is InChI=1S/C8H12N4OS/c1-6-5-12(3-2-9-6)8(13)7-4-10-14-11-7/h4,6,9H,2-3,5H2,1H3/t6-/m1/s1. The van der Waals surface area contributed by atoms with E-state index in [1.165, 1.54) is 6.20 Å². The maximum atomic E-state index is 11.8. The summed E-state index contributed by atoms with van der Waals surface area (Å²) in [5, 5.41) is 3.28. The molecule has 1 atom stereocenters. The Morgan fingerprint density at radius 2 is 2.64 bits per heavy atom. The van der Waals surface area contributed by atoms with E-state index in [4.69, 9.17) is 0 Å². The van der Waals surface area contributed by atoms with Crippen LogP contribution in [0.25, 0.3) is 0 Å². The Kier molecular flexibility index (Phi) is 2.74. The predicted molar refractivity (Wildman–Crippen MR) is 53.3 cm³/mol. The summed E-state index contributed by atoms with van der Waals surface area (Å²) in [7, 11) is 0. The van der Waals surface area contributed by atoms with Gasteiger partial charge in [0.1, 0.15) is 0 Å². The van der Waals surface area contributed by atoms with Crippen LogP contribution in [0.2, 0.25) is 0 Å². The van der Waals surface area contributed by atoms with Crippen LogP contribution in [0, 0.1) is 0 Å². The topological polar surface area (TPSA) is 58.1 Å². The smallest absolute Gasteiger partial charge is 0.275 e. The summed E-state index contributed by atoms with van der Waals surface area (Å²) < 4.78 is 7.76. The highest BCUT2D eigenvalue weighted by Crippen LogP contribution is 2.05. The zero-order valence-corrected chi connectivity index (χ0v) is 8.75. The highest BCUT2D eigenvalue weighted by Gasteiger charge is 2.22. The molecular weight excluding hydrogens is 200 g/mol. The van der Waals surface area contributed by atoms with Crippen LogP contribution in [-0.2, 0) is 0 Å². The lowest BCUT2D eigenvalue weighted by Gasteiger charge is -2.31. The average molecular weight is 212 g/mol. The van der Waals surface area contributed by atoms with E-state index in [2.05, 4.69) is 21.0 Å². The van der Waals surface area contributed by atoms with Crippen LogP contribution in [0.4, 0.5) is 0 Å². The number of carbonyl (C=O) groups excluding carboxylic acids is 1. The number of amides is 1. The van der Waals surface area contributed by atoms with Crippen molar-refractivity contribution >= 4 is 17.6 Å². The van der Waals surface area contributed by atoms with Gasteiger partial charge < -0.3 is 10.2 Å². The Hall–Kier alpha value is -1.01. The van der Waals surface area contributed by atoms with Crippen molar-refractivity contribution in [2.75, 3.05) is 19.6 Å². The Balaban J connectivity index is 2.04. The molecule has 0 spiro atoms. The molecule has 0 bridgehead atoms. The maximum Gasteiger partial charge on any atom is 0.275 e. The third-order valence-corrected chi connectivity index (χ3v) is 2.71. The molecule has 76 valence electrons. The van der Waals surface area contributed by atoms with E-state index in [1.54, 1.807) is 0 Å². The number of nitrogens with zero attached hydrogens (tertiary/aromatic N) is 3. The van der Waals surface area contributed by atoms with Gasteiger partial charge in [0.25, 0.3) is 5.91 Å². The van der Waals surface area contributed by atoms with Crippen LogP contribution in [0.15, 0.2) is 6.20 Å². The van der Waals surface area contributed by atoms with Crippen molar-refractivity contribution in [3.63, 3.8) is 0 Å². The Labute approximate surface area is 86.4 Å². The molecule has 1 aromatic rings. The number of piperazine rings is 1. The van der Waals surface area contributed by atoms with Crippen molar-refractivity contribution in [2.45, 2.75) is 13.0 Å². The summed E-state index contributed by atoms with van der Waals surface area (Å²) in [6.07, 6.45) is 1.53. The summed E-state index contributed by atoms with van der Waals surface area (Å²) >= 11 is 1.07. The van der Waals surface area contributed by atoms with Crippen LogP contribution in [0.1, 0.15) is 17.4 Å². The SMILES string of the molecule is C[C@@H]1CN(C(=O)c2cnsn2)CCN1. The van der Waals surface area contributed by atoms with Gasteiger partial charge in [-0.2, -0.15) is 8.75 Å². The zero-order chi connectivity index (χ0) is 9.97. The fourth-order valence-electron chi connectivity index (χ4n) is 1.54. The molecule has 1 amide bonds. The minimum Gasteiger partial charge on any atom is -0.334 e. The first-order valence-electron chi connectivity index (χ1n) is 4.57. The van der Waals surface area contributed by atoms with Gasteiger partial charge in [-0.15, -0.1) is 0 Å². The van der Waals surface area contributed by atoms with Crippen molar-refractivity contribution in [2.24, 2.45) is 0 Å². The minimum atomic E-state index is -0.00731. The van der Waals surface area contributed by atoms with E-state index in [1.807, 2.05) is 4.90 Å². The van der Waals surface area contributed by atoms with Crippen molar-refractivity contribution in [1.82, 2.24) is 19.0 Å². The first-order chi connectivity index (χ1) is 6.77. The average Bonchev–Trinajstić information content (AvgIpc) is 2.69. The Bertz CT molecular complexity index is 313. The van der Waals surface area contributed by atoms with Crippen molar-refractivity contribution in [1.29, 1.82) is 0 Å². The molecule has 5 nitrogen and oxygen atoms in total. The van der Waals surface area contributed by atoms with Gasteiger partial charge in [0.2, 0.25) is 0 Å². The largest absolute Gasteiger partial charge is 0.334 e. The summed E-state index contributed by atoms with van der Waals surface area (Å²) in [6, 6.07) is 0.360. The molecule has 14 heavy (non-hydrogen) atoms. The maximum absolute atomic E-state index is 11.8. The van der Waals surface area contributed by atoms with E-state index >= 15 is 0 Å². The number of carbonyl (C=O) groups is 1. The molecular formula is C8H12N4OS. The van der Waals surface area contributed by atoms with E-state index < -0.39 is 0 Å². The van der Waals surface area contributed by atoms with E-state index in [0.717, 1.165) is 31.4 Å². The third kappa shape index (κ3) is 1.91. The monoisotopic (exact) mass is 212 g/mol. The molecule has 0 radical (unpaired) electrons. The van der Waals surface area contributed by atoms with Crippen LogP contribution < -0.4 is 5.32 Å². The number of hydrogen-bond donors (Lipinski definition) is 1. The molecule has 1 aromatic heterocycles. The highest BCUT2D eigenvalue weighted by atomic mass is 32.1. The van der Waals surface area contributed by atoms with Crippen LogP contribution >= 0.6 is 11.7 Å². The van der Waals surface area contributed by atoms with E-state index in [-0.39, 0.29) is 5.91 Å². The molecule has 2 heterocycles. The summed E-state index contributed by atoms with van der Waals surface area (Å²) in [5.41, 5.74) is 0.462. The fourth-order valence-corrected chi connectivity index (χ4v) is 1.94. The van der Waals surface area contributed by atoms with E-state index in [0.29, 0.717) is 11.7 Å². The lowest BCUT2D eigenvalue weighted by molar-refractivity contribution is 0.0704. The summed E-state index contributed by atoms with van der Waals surface area (Å²) in [6.45, 7) is 4.42. The van der Waals surface area contributed by atoms with E-state index in [9.17, 15) is 4.79 Å². The third-order valence-electron chi connectivity index (χ3n) is 2.24. The van der Waals surface area contributed by atoms with Gasteiger partial charge >= 0.3 is 0 Å². The molecule has 0 aliphatic carbocycles. The van der Waals surface area contributed by atoms with Gasteiger partial charge in [0, 0.05) is 25.7 Å². The molecule has 6 heteroatoms. The molecule has 0 unspecified atom stereocenters. The summed E-state index contributed by atoms with van der Waals surface area (Å²) in [5.74, 6) is -0.00731. The number of aromatic nitrogens is 2. The predicted octanol–water partition coefficient (Wildman–Crippen LogP) is -0.0280.